The molecule has 0 spiro atoms. The summed E-state index contributed by atoms with van der Waals surface area (Å²) in [6.07, 6.45) is 0. The fraction of sp³-hybridized carbons (Fsp3) is 0.214. The van der Waals surface area contributed by atoms with E-state index in [0.29, 0.717) is 10.9 Å². The van der Waals surface area contributed by atoms with Crippen molar-refractivity contribution in [2.24, 2.45) is 0 Å². The zero-order valence-electron chi connectivity index (χ0n) is 10.9. The van der Waals surface area contributed by atoms with Crippen LogP contribution in [0, 0.1) is 20.8 Å². The third-order valence-electron chi connectivity index (χ3n) is 3.27. The molecule has 0 atom stereocenters. The smallest absolute Gasteiger partial charge is 0.230 e. The van der Waals surface area contributed by atoms with Crippen LogP contribution in [0.1, 0.15) is 16.0 Å². The molecule has 2 aromatic heterocycles. The van der Waals surface area contributed by atoms with Crippen molar-refractivity contribution in [1.29, 1.82) is 0 Å². The van der Waals surface area contributed by atoms with Crippen LogP contribution in [0.4, 0.5) is 5.00 Å². The molecule has 3 nitrogen and oxygen atoms in total. The van der Waals surface area contributed by atoms with Gasteiger partial charge in [0, 0.05) is 9.90 Å². The number of nitrogens with zero attached hydrogens (tertiary/aromatic N) is 1. The van der Waals surface area contributed by atoms with Gasteiger partial charge in [-0.2, -0.15) is 0 Å². The molecule has 1 aromatic carbocycles. The Labute approximate surface area is 120 Å². The molecule has 5 heteroatoms. The second kappa shape index (κ2) is 4.25. The van der Waals surface area contributed by atoms with Gasteiger partial charge >= 0.3 is 0 Å². The SMILES string of the molecule is Cc1sc(N)c(-c2nc3cc(Cl)cc(C)c3o2)c1C. The number of halogens is 1. The predicted molar refractivity (Wildman–Crippen MR) is 81.0 cm³/mol. The van der Waals surface area contributed by atoms with E-state index in [9.17, 15) is 0 Å². The summed E-state index contributed by atoms with van der Waals surface area (Å²) >= 11 is 7.60. The molecular weight excluding hydrogens is 280 g/mol. The standard InChI is InChI=1S/C14H13ClN2OS/c1-6-4-9(15)5-10-12(6)18-14(17-10)11-7(2)8(3)19-13(11)16/h4-5H,16H2,1-3H3. The molecule has 0 radical (unpaired) electrons. The van der Waals surface area contributed by atoms with Crippen LogP contribution in [0.25, 0.3) is 22.6 Å². The van der Waals surface area contributed by atoms with Gasteiger partial charge < -0.3 is 10.2 Å². The molecule has 2 heterocycles. The Bertz CT molecular complexity index is 788. The molecule has 3 aromatic rings. The third kappa shape index (κ3) is 1.91. The van der Waals surface area contributed by atoms with Crippen molar-refractivity contribution in [2.75, 3.05) is 5.73 Å². The first-order valence-electron chi connectivity index (χ1n) is 5.90. The van der Waals surface area contributed by atoms with Crippen molar-refractivity contribution in [3.63, 3.8) is 0 Å². The second-order valence-electron chi connectivity index (χ2n) is 4.61. The Kier molecular flexibility index (Phi) is 2.80. The van der Waals surface area contributed by atoms with Crippen LogP contribution in [-0.2, 0) is 0 Å². The van der Waals surface area contributed by atoms with Crippen molar-refractivity contribution in [2.45, 2.75) is 20.8 Å². The molecule has 0 aliphatic carbocycles. The van der Waals surface area contributed by atoms with Gasteiger partial charge in [0.15, 0.2) is 5.58 Å². The first kappa shape index (κ1) is 12.5. The Hall–Kier alpha value is -1.52. The molecule has 19 heavy (non-hydrogen) atoms. The number of nitrogen functional groups attached to an aromatic ring is 1. The number of thiophene rings is 1. The Morgan fingerprint density at radius 3 is 2.63 bits per heavy atom. The van der Waals surface area contributed by atoms with E-state index in [0.717, 1.165) is 32.8 Å². The lowest BCUT2D eigenvalue weighted by Crippen LogP contribution is -1.85. The Morgan fingerprint density at radius 2 is 2.00 bits per heavy atom. The third-order valence-corrected chi connectivity index (χ3v) is 4.52. The monoisotopic (exact) mass is 292 g/mol. The molecular formula is C14H13ClN2OS. The summed E-state index contributed by atoms with van der Waals surface area (Å²) in [5.41, 5.74) is 10.6. The predicted octanol–water partition coefficient (Wildman–Crippen LogP) is 4.72. The van der Waals surface area contributed by atoms with Gasteiger partial charge in [0.05, 0.1) is 10.6 Å². The summed E-state index contributed by atoms with van der Waals surface area (Å²) in [6.45, 7) is 6.04. The van der Waals surface area contributed by atoms with Gasteiger partial charge in [-0.15, -0.1) is 11.3 Å². The molecule has 0 saturated heterocycles. The number of hydrogen-bond acceptors (Lipinski definition) is 4. The Morgan fingerprint density at radius 1 is 1.26 bits per heavy atom. The number of aromatic nitrogens is 1. The number of anilines is 1. The van der Waals surface area contributed by atoms with Crippen LogP contribution >= 0.6 is 22.9 Å². The molecule has 0 saturated carbocycles. The van der Waals surface area contributed by atoms with Gasteiger partial charge in [-0.25, -0.2) is 4.98 Å². The van der Waals surface area contributed by atoms with Crippen molar-refractivity contribution in [3.8, 4) is 11.5 Å². The maximum absolute atomic E-state index is 6.06. The number of benzene rings is 1. The average Bonchev–Trinajstić information content (AvgIpc) is 2.81. The number of oxazole rings is 1. The van der Waals surface area contributed by atoms with Crippen molar-refractivity contribution >= 4 is 39.0 Å². The highest BCUT2D eigenvalue weighted by molar-refractivity contribution is 7.16. The van der Waals surface area contributed by atoms with Crippen LogP contribution in [0.15, 0.2) is 16.5 Å². The number of rotatable bonds is 1. The molecule has 0 aliphatic heterocycles. The van der Waals surface area contributed by atoms with Gasteiger partial charge in [0.2, 0.25) is 5.89 Å². The van der Waals surface area contributed by atoms with Crippen LogP contribution in [0.5, 0.6) is 0 Å². The molecule has 3 rings (SSSR count). The van der Waals surface area contributed by atoms with Crippen LogP contribution < -0.4 is 5.73 Å². The first-order valence-corrected chi connectivity index (χ1v) is 7.09. The van der Waals surface area contributed by atoms with E-state index in [-0.39, 0.29) is 0 Å². The lowest BCUT2D eigenvalue weighted by Gasteiger charge is -1.96. The van der Waals surface area contributed by atoms with E-state index >= 15 is 0 Å². The van der Waals surface area contributed by atoms with E-state index in [1.54, 1.807) is 11.3 Å². The van der Waals surface area contributed by atoms with Gasteiger partial charge in [0.1, 0.15) is 5.52 Å². The highest BCUT2D eigenvalue weighted by Gasteiger charge is 2.18. The quantitative estimate of drug-likeness (QED) is 0.706. The maximum Gasteiger partial charge on any atom is 0.230 e. The van der Waals surface area contributed by atoms with E-state index in [2.05, 4.69) is 4.98 Å². The van der Waals surface area contributed by atoms with E-state index < -0.39 is 0 Å². The molecule has 0 amide bonds. The van der Waals surface area contributed by atoms with Crippen LogP contribution in [0.3, 0.4) is 0 Å². The zero-order valence-corrected chi connectivity index (χ0v) is 12.4. The molecule has 98 valence electrons. The van der Waals surface area contributed by atoms with E-state index in [1.807, 2.05) is 32.9 Å². The van der Waals surface area contributed by atoms with Gasteiger partial charge in [-0.05, 0) is 44.0 Å². The van der Waals surface area contributed by atoms with E-state index in [4.69, 9.17) is 21.8 Å². The maximum atomic E-state index is 6.06. The van der Waals surface area contributed by atoms with Gasteiger partial charge in [-0.3, -0.25) is 0 Å². The zero-order chi connectivity index (χ0) is 13.7. The van der Waals surface area contributed by atoms with E-state index in [1.165, 1.54) is 4.88 Å². The number of fused-ring (bicyclic) bond motifs is 1. The summed E-state index contributed by atoms with van der Waals surface area (Å²) in [4.78, 5) is 5.70. The molecule has 0 fully saturated rings. The summed E-state index contributed by atoms with van der Waals surface area (Å²) in [5, 5.41) is 1.40. The van der Waals surface area contributed by atoms with Crippen LogP contribution in [0.2, 0.25) is 5.02 Å². The molecule has 0 aliphatic rings. The lowest BCUT2D eigenvalue weighted by atomic mass is 10.1. The molecule has 0 unspecified atom stereocenters. The number of aryl methyl sites for hydroxylation is 2. The minimum absolute atomic E-state index is 0.569. The second-order valence-corrected chi connectivity index (χ2v) is 6.31. The minimum atomic E-state index is 0.569. The summed E-state index contributed by atoms with van der Waals surface area (Å²) in [6, 6.07) is 3.68. The largest absolute Gasteiger partial charge is 0.436 e. The molecule has 2 N–H and O–H groups in total. The summed E-state index contributed by atoms with van der Waals surface area (Å²) in [5.74, 6) is 0.569. The minimum Gasteiger partial charge on any atom is -0.436 e. The highest BCUT2D eigenvalue weighted by Crippen LogP contribution is 2.39. The van der Waals surface area contributed by atoms with Crippen molar-refractivity contribution in [3.05, 3.63) is 33.2 Å². The normalized spacial score (nSPS) is 11.4. The number of nitrogens with two attached hydrogens (primary N) is 1. The van der Waals surface area contributed by atoms with Crippen LogP contribution in [-0.4, -0.2) is 4.98 Å². The van der Waals surface area contributed by atoms with Gasteiger partial charge in [0.25, 0.3) is 0 Å². The Balaban J connectivity index is 2.29. The topological polar surface area (TPSA) is 52.0 Å². The van der Waals surface area contributed by atoms with Crippen molar-refractivity contribution < 1.29 is 4.42 Å². The first-order chi connectivity index (χ1) is 8.97. The van der Waals surface area contributed by atoms with Crippen molar-refractivity contribution in [1.82, 2.24) is 4.98 Å². The highest BCUT2D eigenvalue weighted by atomic mass is 35.5. The number of hydrogen-bond donors (Lipinski definition) is 1. The summed E-state index contributed by atoms with van der Waals surface area (Å²) in [7, 11) is 0. The average molecular weight is 293 g/mol. The molecule has 0 bridgehead atoms. The van der Waals surface area contributed by atoms with Gasteiger partial charge in [-0.1, -0.05) is 11.6 Å². The lowest BCUT2D eigenvalue weighted by molar-refractivity contribution is 0.617. The fourth-order valence-corrected chi connectivity index (χ4v) is 3.38. The fourth-order valence-electron chi connectivity index (χ4n) is 2.18. The summed E-state index contributed by atoms with van der Waals surface area (Å²) < 4.78 is 5.87.